The highest BCUT2D eigenvalue weighted by Crippen LogP contribution is 2.26. The van der Waals surface area contributed by atoms with Gasteiger partial charge in [0.15, 0.2) is 0 Å². The van der Waals surface area contributed by atoms with Crippen LogP contribution in [-0.2, 0) is 20.7 Å². The molecule has 1 aromatic rings. The van der Waals surface area contributed by atoms with Crippen molar-refractivity contribution in [2.45, 2.75) is 64.2 Å². The van der Waals surface area contributed by atoms with Gasteiger partial charge in [0, 0.05) is 18.0 Å². The number of amides is 1. The number of fused-ring (bicyclic) bond motifs is 1. The molecule has 3 rings (SSSR count). The number of ether oxygens (including phenoxy) is 2. The highest BCUT2D eigenvalue weighted by Gasteiger charge is 2.34. The Morgan fingerprint density at radius 2 is 2.00 bits per heavy atom. The lowest BCUT2D eigenvalue weighted by atomic mass is 9.89. The van der Waals surface area contributed by atoms with Gasteiger partial charge in [-0.05, 0) is 39.5 Å². The molecule has 2 heterocycles. The van der Waals surface area contributed by atoms with Gasteiger partial charge in [-0.3, -0.25) is 4.79 Å². The zero-order chi connectivity index (χ0) is 15.5. The monoisotopic (exact) mass is 308 g/mol. The van der Waals surface area contributed by atoms with E-state index in [1.807, 2.05) is 13.8 Å². The van der Waals surface area contributed by atoms with Gasteiger partial charge in [0.1, 0.15) is 5.76 Å². The van der Waals surface area contributed by atoms with Gasteiger partial charge in [0.05, 0.1) is 31.1 Å². The third-order valence-electron chi connectivity index (χ3n) is 4.63. The summed E-state index contributed by atoms with van der Waals surface area (Å²) < 4.78 is 16.6. The number of nitrogens with one attached hydrogen (secondary N) is 1. The molecule has 22 heavy (non-hydrogen) atoms. The first-order valence-corrected chi connectivity index (χ1v) is 8.08. The van der Waals surface area contributed by atoms with Crippen LogP contribution in [0.15, 0.2) is 4.52 Å². The molecule has 1 aliphatic carbocycles. The summed E-state index contributed by atoms with van der Waals surface area (Å²) in [5.41, 5.74) is 1.92. The van der Waals surface area contributed by atoms with Crippen LogP contribution in [0, 0.1) is 13.8 Å². The van der Waals surface area contributed by atoms with Crippen molar-refractivity contribution in [2.24, 2.45) is 0 Å². The number of carbonyl (C=O) groups excluding carboxylic acids is 1. The zero-order valence-electron chi connectivity index (χ0n) is 13.3. The van der Waals surface area contributed by atoms with Crippen LogP contribution in [0.5, 0.6) is 0 Å². The minimum Gasteiger partial charge on any atom is -0.373 e. The predicted molar refractivity (Wildman–Crippen MR) is 79.6 cm³/mol. The summed E-state index contributed by atoms with van der Waals surface area (Å²) in [5.74, 6) is 0.888. The average Bonchev–Trinajstić information content (AvgIpc) is 2.84. The second-order valence-electron chi connectivity index (χ2n) is 6.20. The van der Waals surface area contributed by atoms with Gasteiger partial charge >= 0.3 is 0 Å². The number of aryl methyl sites for hydroxylation is 2. The zero-order valence-corrected chi connectivity index (χ0v) is 13.3. The van der Waals surface area contributed by atoms with Crippen LogP contribution in [0.3, 0.4) is 0 Å². The number of carbonyl (C=O) groups is 1. The first kappa shape index (κ1) is 15.5. The Morgan fingerprint density at radius 3 is 2.73 bits per heavy atom. The normalized spacial score (nSPS) is 28.2. The summed E-state index contributed by atoms with van der Waals surface area (Å²) >= 11 is 0. The fraction of sp³-hybridized carbons (Fsp3) is 0.750. The molecule has 2 aliphatic rings. The van der Waals surface area contributed by atoms with Crippen molar-refractivity contribution in [3.8, 4) is 0 Å². The van der Waals surface area contributed by atoms with E-state index < -0.39 is 0 Å². The van der Waals surface area contributed by atoms with E-state index >= 15 is 0 Å². The Bertz CT molecular complexity index is 509. The lowest BCUT2D eigenvalue weighted by molar-refractivity contribution is -0.158. The summed E-state index contributed by atoms with van der Waals surface area (Å²) in [4.78, 5) is 12.2. The average molecular weight is 308 g/mol. The highest BCUT2D eigenvalue weighted by atomic mass is 16.6. The molecule has 1 saturated carbocycles. The second-order valence-corrected chi connectivity index (χ2v) is 6.20. The van der Waals surface area contributed by atoms with E-state index in [4.69, 9.17) is 14.0 Å². The minimum absolute atomic E-state index is 0.0835. The molecule has 1 amide bonds. The van der Waals surface area contributed by atoms with Gasteiger partial charge < -0.3 is 19.3 Å². The smallest absolute Gasteiger partial charge is 0.220 e. The molecule has 6 nitrogen and oxygen atoms in total. The Balaban J connectivity index is 1.46. The largest absolute Gasteiger partial charge is 0.373 e. The van der Waals surface area contributed by atoms with Crippen LogP contribution in [-0.4, -0.2) is 42.5 Å². The maximum Gasteiger partial charge on any atom is 0.220 e. The summed E-state index contributed by atoms with van der Waals surface area (Å²) in [5, 5.41) is 7.05. The molecule has 2 fully saturated rings. The molecule has 0 bridgehead atoms. The number of aromatic nitrogens is 1. The minimum atomic E-state index is 0.0835. The van der Waals surface area contributed by atoms with Gasteiger partial charge in [-0.25, -0.2) is 0 Å². The molecule has 0 radical (unpaired) electrons. The second kappa shape index (κ2) is 6.79. The van der Waals surface area contributed by atoms with Crippen LogP contribution in [0.2, 0.25) is 0 Å². The maximum absolute atomic E-state index is 12.2. The molecule has 1 saturated heterocycles. The Kier molecular flexibility index (Phi) is 4.78. The van der Waals surface area contributed by atoms with Crippen LogP contribution in [0.4, 0.5) is 0 Å². The SMILES string of the molecule is Cc1noc(C)c1CCC(=O)N[C@@H]1CC[C@H]2OCCO[C@H]2C1. The Morgan fingerprint density at radius 1 is 1.23 bits per heavy atom. The fourth-order valence-corrected chi connectivity index (χ4v) is 3.39. The standard InChI is InChI=1S/C16H24N2O4/c1-10-13(11(2)22-18-10)4-6-16(19)17-12-3-5-14-15(9-12)21-8-7-20-14/h12,14-15H,3-9H2,1-2H3,(H,17,19)/t12-,14-,15+/m1/s1. The molecular formula is C16H24N2O4. The van der Waals surface area contributed by atoms with E-state index in [0.29, 0.717) is 26.1 Å². The fourth-order valence-electron chi connectivity index (χ4n) is 3.39. The lowest BCUT2D eigenvalue weighted by Crippen LogP contribution is -2.49. The first-order chi connectivity index (χ1) is 10.6. The van der Waals surface area contributed by atoms with Gasteiger partial charge in [-0.1, -0.05) is 5.16 Å². The topological polar surface area (TPSA) is 73.6 Å². The van der Waals surface area contributed by atoms with Crippen molar-refractivity contribution in [3.05, 3.63) is 17.0 Å². The summed E-state index contributed by atoms with van der Waals surface area (Å²) in [6, 6.07) is 0.195. The molecule has 1 N–H and O–H groups in total. The van der Waals surface area contributed by atoms with E-state index in [9.17, 15) is 4.79 Å². The van der Waals surface area contributed by atoms with Gasteiger partial charge in [-0.15, -0.1) is 0 Å². The third-order valence-corrected chi connectivity index (χ3v) is 4.63. The molecule has 0 unspecified atom stereocenters. The van der Waals surface area contributed by atoms with E-state index in [1.165, 1.54) is 0 Å². The Labute approximate surface area is 130 Å². The molecular weight excluding hydrogens is 284 g/mol. The molecule has 1 aromatic heterocycles. The molecule has 3 atom stereocenters. The Hall–Kier alpha value is -1.40. The first-order valence-electron chi connectivity index (χ1n) is 8.08. The van der Waals surface area contributed by atoms with E-state index in [-0.39, 0.29) is 24.2 Å². The van der Waals surface area contributed by atoms with Gasteiger partial charge in [-0.2, -0.15) is 0 Å². The van der Waals surface area contributed by atoms with Crippen LogP contribution < -0.4 is 5.32 Å². The van der Waals surface area contributed by atoms with Crippen molar-refractivity contribution < 1.29 is 18.8 Å². The highest BCUT2D eigenvalue weighted by molar-refractivity contribution is 5.76. The molecule has 0 aromatic carbocycles. The molecule has 1 aliphatic heterocycles. The number of nitrogens with zero attached hydrogens (tertiary/aromatic N) is 1. The maximum atomic E-state index is 12.2. The van der Waals surface area contributed by atoms with E-state index in [0.717, 1.165) is 36.3 Å². The van der Waals surface area contributed by atoms with Crippen LogP contribution >= 0.6 is 0 Å². The molecule has 6 heteroatoms. The quantitative estimate of drug-likeness (QED) is 0.916. The lowest BCUT2D eigenvalue weighted by Gasteiger charge is -2.39. The molecule has 122 valence electrons. The summed E-state index contributed by atoms with van der Waals surface area (Å²) in [7, 11) is 0. The van der Waals surface area contributed by atoms with E-state index in [2.05, 4.69) is 10.5 Å². The number of hydrogen-bond donors (Lipinski definition) is 1. The van der Waals surface area contributed by atoms with E-state index in [1.54, 1.807) is 0 Å². The van der Waals surface area contributed by atoms with Crippen molar-refractivity contribution in [2.75, 3.05) is 13.2 Å². The van der Waals surface area contributed by atoms with Crippen molar-refractivity contribution in [1.82, 2.24) is 10.5 Å². The van der Waals surface area contributed by atoms with Crippen molar-refractivity contribution >= 4 is 5.91 Å². The third kappa shape index (κ3) is 3.50. The molecule has 0 spiro atoms. The number of hydrogen-bond acceptors (Lipinski definition) is 5. The van der Waals surface area contributed by atoms with Gasteiger partial charge in [0.25, 0.3) is 0 Å². The van der Waals surface area contributed by atoms with Crippen molar-refractivity contribution in [3.63, 3.8) is 0 Å². The van der Waals surface area contributed by atoms with Crippen LogP contribution in [0.1, 0.15) is 42.7 Å². The summed E-state index contributed by atoms with van der Waals surface area (Å²) in [6.07, 6.45) is 4.25. The predicted octanol–water partition coefficient (Wildman–Crippen LogP) is 1.68. The van der Waals surface area contributed by atoms with Gasteiger partial charge in [0.2, 0.25) is 5.91 Å². The number of rotatable bonds is 4. The van der Waals surface area contributed by atoms with Crippen molar-refractivity contribution in [1.29, 1.82) is 0 Å². The van der Waals surface area contributed by atoms with Crippen LogP contribution in [0.25, 0.3) is 0 Å². The summed E-state index contributed by atoms with van der Waals surface area (Å²) in [6.45, 7) is 5.14.